The van der Waals surface area contributed by atoms with Crippen molar-refractivity contribution in [3.63, 3.8) is 0 Å². The maximum absolute atomic E-state index is 13.7. The summed E-state index contributed by atoms with van der Waals surface area (Å²) >= 11 is 0. The van der Waals surface area contributed by atoms with E-state index in [1.165, 1.54) is 6.92 Å². The summed E-state index contributed by atoms with van der Waals surface area (Å²) in [5, 5.41) is 19.0. The Morgan fingerprint density at radius 2 is 1.85 bits per heavy atom. The minimum absolute atomic E-state index is 0.00154. The molecule has 108 valence electrons. The van der Waals surface area contributed by atoms with E-state index in [1.807, 2.05) is 0 Å². The Morgan fingerprint density at radius 1 is 1.25 bits per heavy atom. The van der Waals surface area contributed by atoms with Gasteiger partial charge in [-0.15, -0.1) is 0 Å². The molecule has 0 heterocycles. The highest BCUT2D eigenvalue weighted by atomic mass is 19.1. The van der Waals surface area contributed by atoms with E-state index in [0.29, 0.717) is 0 Å². The van der Waals surface area contributed by atoms with Crippen LogP contribution in [0.4, 0.5) is 8.78 Å². The van der Waals surface area contributed by atoms with Crippen LogP contribution in [0.3, 0.4) is 0 Å². The molecular formula is C12H11F2NO5. The van der Waals surface area contributed by atoms with Crippen LogP contribution in [0, 0.1) is 18.6 Å². The molecule has 3 N–H and O–H groups in total. The van der Waals surface area contributed by atoms with Crippen molar-refractivity contribution < 1.29 is 33.4 Å². The Bertz CT molecular complexity index is 573. The second-order valence-corrected chi connectivity index (χ2v) is 4.02. The maximum Gasteiger partial charge on any atom is 0.326 e. The van der Waals surface area contributed by atoms with Crippen LogP contribution in [0.15, 0.2) is 12.1 Å². The topological polar surface area (TPSA) is 104 Å². The number of hydrogen-bond donors (Lipinski definition) is 3. The lowest BCUT2D eigenvalue weighted by Crippen LogP contribution is -2.42. The Morgan fingerprint density at radius 3 is 2.35 bits per heavy atom. The van der Waals surface area contributed by atoms with E-state index in [4.69, 9.17) is 10.2 Å². The van der Waals surface area contributed by atoms with Crippen LogP contribution in [0.1, 0.15) is 22.3 Å². The molecule has 0 aliphatic heterocycles. The van der Waals surface area contributed by atoms with Crippen molar-refractivity contribution >= 4 is 17.8 Å². The highest BCUT2D eigenvalue weighted by Crippen LogP contribution is 2.16. The molecule has 6 nitrogen and oxygen atoms in total. The maximum atomic E-state index is 13.7. The molecule has 1 aromatic rings. The average molecular weight is 287 g/mol. The van der Waals surface area contributed by atoms with E-state index < -0.39 is 47.5 Å². The number of hydrogen-bond acceptors (Lipinski definition) is 3. The van der Waals surface area contributed by atoms with Crippen LogP contribution in [-0.4, -0.2) is 34.1 Å². The zero-order chi connectivity index (χ0) is 15.4. The SMILES string of the molecule is Cc1ccc(F)c(C(=O)N[C@@H](CC(=O)O)C(=O)O)c1F. The summed E-state index contributed by atoms with van der Waals surface area (Å²) in [6.07, 6.45) is -0.907. The predicted octanol–water partition coefficient (Wildman–Crippen LogP) is 0.931. The van der Waals surface area contributed by atoms with Gasteiger partial charge in [-0.05, 0) is 18.6 Å². The van der Waals surface area contributed by atoms with E-state index >= 15 is 0 Å². The molecule has 20 heavy (non-hydrogen) atoms. The van der Waals surface area contributed by atoms with Crippen molar-refractivity contribution in [2.45, 2.75) is 19.4 Å². The Balaban J connectivity index is 3.04. The Labute approximate surface area is 112 Å². The molecule has 8 heteroatoms. The van der Waals surface area contributed by atoms with Gasteiger partial charge in [0, 0.05) is 0 Å². The van der Waals surface area contributed by atoms with Crippen molar-refractivity contribution in [1.82, 2.24) is 5.32 Å². The first-order valence-electron chi connectivity index (χ1n) is 5.44. The fourth-order valence-electron chi connectivity index (χ4n) is 1.47. The van der Waals surface area contributed by atoms with Gasteiger partial charge in [0.1, 0.15) is 23.2 Å². The average Bonchev–Trinajstić information content (AvgIpc) is 2.33. The summed E-state index contributed by atoms with van der Waals surface area (Å²) in [4.78, 5) is 32.9. The molecule has 0 saturated heterocycles. The number of aryl methyl sites for hydroxylation is 1. The van der Waals surface area contributed by atoms with E-state index in [2.05, 4.69) is 0 Å². The van der Waals surface area contributed by atoms with Gasteiger partial charge < -0.3 is 15.5 Å². The monoisotopic (exact) mass is 287 g/mol. The number of carbonyl (C=O) groups excluding carboxylic acids is 1. The first kappa shape index (κ1) is 15.5. The fourth-order valence-corrected chi connectivity index (χ4v) is 1.47. The van der Waals surface area contributed by atoms with Crippen molar-refractivity contribution in [2.24, 2.45) is 0 Å². The van der Waals surface area contributed by atoms with Gasteiger partial charge in [-0.1, -0.05) is 6.07 Å². The lowest BCUT2D eigenvalue weighted by Gasteiger charge is -2.13. The minimum atomic E-state index is -1.78. The molecule has 1 aromatic carbocycles. The highest BCUT2D eigenvalue weighted by Gasteiger charge is 2.27. The molecule has 1 amide bonds. The molecule has 0 saturated carbocycles. The second-order valence-electron chi connectivity index (χ2n) is 4.02. The number of nitrogens with one attached hydrogen (secondary N) is 1. The molecule has 0 aromatic heterocycles. The summed E-state index contributed by atoms with van der Waals surface area (Å²) in [5.41, 5.74) is -0.941. The number of halogens is 2. The summed E-state index contributed by atoms with van der Waals surface area (Å²) in [5.74, 6) is -6.69. The lowest BCUT2D eigenvalue weighted by molar-refractivity contribution is -0.145. The molecule has 1 rings (SSSR count). The van der Waals surface area contributed by atoms with Crippen molar-refractivity contribution in [1.29, 1.82) is 0 Å². The Hall–Kier alpha value is -2.51. The third-order valence-corrected chi connectivity index (χ3v) is 2.49. The lowest BCUT2D eigenvalue weighted by atomic mass is 10.1. The molecule has 0 unspecified atom stereocenters. The number of benzene rings is 1. The summed E-state index contributed by atoms with van der Waals surface area (Å²) < 4.78 is 27.1. The first-order valence-corrected chi connectivity index (χ1v) is 5.44. The number of rotatable bonds is 5. The number of carbonyl (C=O) groups is 3. The van der Waals surface area contributed by atoms with E-state index in [9.17, 15) is 23.2 Å². The Kier molecular flexibility index (Phi) is 4.73. The number of carboxylic acid groups (broad SMARTS) is 2. The van der Waals surface area contributed by atoms with Crippen LogP contribution in [0.2, 0.25) is 0 Å². The van der Waals surface area contributed by atoms with Gasteiger partial charge in [0.15, 0.2) is 0 Å². The molecule has 0 spiro atoms. The molecule has 0 aliphatic rings. The van der Waals surface area contributed by atoms with Crippen LogP contribution in [0.25, 0.3) is 0 Å². The summed E-state index contributed by atoms with van der Waals surface area (Å²) in [6.45, 7) is 1.30. The van der Waals surface area contributed by atoms with E-state index in [1.54, 1.807) is 5.32 Å². The standard InChI is InChI=1S/C12H11F2NO5/c1-5-2-3-6(13)9(10(5)14)11(18)15-7(12(19)20)4-8(16)17/h2-3,7H,4H2,1H3,(H,15,18)(H,16,17)(H,19,20)/t7-/m0/s1. The summed E-state index contributed by atoms with van der Waals surface area (Å²) in [7, 11) is 0. The van der Waals surface area contributed by atoms with Gasteiger partial charge in [0.05, 0.1) is 6.42 Å². The van der Waals surface area contributed by atoms with Gasteiger partial charge in [-0.25, -0.2) is 13.6 Å². The van der Waals surface area contributed by atoms with Crippen molar-refractivity contribution in [2.75, 3.05) is 0 Å². The van der Waals surface area contributed by atoms with Gasteiger partial charge in [-0.2, -0.15) is 0 Å². The van der Waals surface area contributed by atoms with Crippen LogP contribution in [-0.2, 0) is 9.59 Å². The smallest absolute Gasteiger partial charge is 0.326 e. The highest BCUT2D eigenvalue weighted by molar-refractivity contribution is 5.98. The molecule has 1 atom stereocenters. The predicted molar refractivity (Wildman–Crippen MR) is 62.2 cm³/mol. The number of carboxylic acids is 2. The van der Waals surface area contributed by atoms with Gasteiger partial charge in [0.2, 0.25) is 0 Å². The van der Waals surface area contributed by atoms with Crippen LogP contribution < -0.4 is 5.32 Å². The minimum Gasteiger partial charge on any atom is -0.481 e. The van der Waals surface area contributed by atoms with Gasteiger partial charge >= 0.3 is 11.9 Å². The molecule has 0 radical (unpaired) electrons. The molecule has 0 aliphatic carbocycles. The first-order chi connectivity index (χ1) is 9.23. The van der Waals surface area contributed by atoms with E-state index in [-0.39, 0.29) is 5.56 Å². The van der Waals surface area contributed by atoms with Crippen molar-refractivity contribution in [3.8, 4) is 0 Å². The fraction of sp³-hybridized carbons (Fsp3) is 0.250. The second kappa shape index (κ2) is 6.09. The third-order valence-electron chi connectivity index (χ3n) is 2.49. The van der Waals surface area contributed by atoms with Gasteiger partial charge in [-0.3, -0.25) is 9.59 Å². The molecular weight excluding hydrogens is 276 g/mol. The van der Waals surface area contributed by atoms with Crippen LogP contribution >= 0.6 is 0 Å². The van der Waals surface area contributed by atoms with Gasteiger partial charge in [0.25, 0.3) is 5.91 Å². The number of aliphatic carboxylic acids is 2. The normalized spacial score (nSPS) is 11.8. The summed E-state index contributed by atoms with van der Waals surface area (Å²) in [6, 6.07) is 0.201. The molecule has 0 bridgehead atoms. The molecule has 0 fully saturated rings. The number of amides is 1. The third kappa shape index (κ3) is 3.50. The largest absolute Gasteiger partial charge is 0.481 e. The zero-order valence-corrected chi connectivity index (χ0v) is 10.3. The van der Waals surface area contributed by atoms with Crippen molar-refractivity contribution in [3.05, 3.63) is 34.9 Å². The van der Waals surface area contributed by atoms with Crippen LogP contribution in [0.5, 0.6) is 0 Å². The zero-order valence-electron chi connectivity index (χ0n) is 10.3. The quantitative estimate of drug-likeness (QED) is 0.747. The van der Waals surface area contributed by atoms with E-state index in [0.717, 1.165) is 12.1 Å².